The third kappa shape index (κ3) is 3.96. The number of nitrogens with one attached hydrogen (secondary N) is 1. The maximum atomic E-state index is 14.5. The van der Waals surface area contributed by atoms with Crippen molar-refractivity contribution in [3.63, 3.8) is 0 Å². The predicted octanol–water partition coefficient (Wildman–Crippen LogP) is 2.93. The highest BCUT2D eigenvalue weighted by Gasteiger charge is 2.45. The smallest absolute Gasteiger partial charge is 0.258 e. The minimum absolute atomic E-state index is 0.209. The fourth-order valence-electron chi connectivity index (χ4n) is 3.76. The second kappa shape index (κ2) is 8.01. The standard InChI is InChI=1S/C22H20FN7O2S/c1-29-8-5-22(32,20(29)31)14-9-13(10-15(23)11-14)17-12-33-19(25-17)16-3-6-24-21(26-16)27-18-4-7-30(2)28-18/h3-4,6-7,9-12,32H,5,8H2,1-2H3,(H,24,26,27,28)/t22-/m1/s1. The van der Waals surface area contributed by atoms with Crippen molar-refractivity contribution in [3.8, 4) is 22.0 Å². The van der Waals surface area contributed by atoms with E-state index in [9.17, 15) is 14.3 Å². The molecule has 1 saturated heterocycles. The van der Waals surface area contributed by atoms with Gasteiger partial charge < -0.3 is 15.3 Å². The lowest BCUT2D eigenvalue weighted by Gasteiger charge is -2.21. The van der Waals surface area contributed by atoms with E-state index < -0.39 is 17.3 Å². The fraction of sp³-hybridized carbons (Fsp3) is 0.227. The number of aliphatic hydroxyl groups is 1. The van der Waals surface area contributed by atoms with Crippen molar-refractivity contribution in [1.82, 2.24) is 29.6 Å². The average molecular weight is 466 g/mol. The lowest BCUT2D eigenvalue weighted by Crippen LogP contribution is -2.36. The second-order valence-electron chi connectivity index (χ2n) is 7.87. The molecule has 4 heterocycles. The quantitative estimate of drug-likeness (QED) is 0.466. The summed E-state index contributed by atoms with van der Waals surface area (Å²) in [6.07, 6.45) is 3.63. The van der Waals surface area contributed by atoms with Crippen LogP contribution in [0.3, 0.4) is 0 Å². The van der Waals surface area contributed by atoms with Crippen LogP contribution in [0.4, 0.5) is 16.2 Å². The molecule has 0 bridgehead atoms. The van der Waals surface area contributed by atoms with E-state index in [2.05, 4.69) is 25.4 Å². The highest BCUT2D eigenvalue weighted by molar-refractivity contribution is 7.13. The van der Waals surface area contributed by atoms with Crippen molar-refractivity contribution < 1.29 is 14.3 Å². The zero-order chi connectivity index (χ0) is 23.2. The number of benzene rings is 1. The van der Waals surface area contributed by atoms with E-state index in [0.29, 0.717) is 40.3 Å². The molecule has 33 heavy (non-hydrogen) atoms. The topological polar surface area (TPSA) is 109 Å². The van der Waals surface area contributed by atoms with Gasteiger partial charge in [-0.15, -0.1) is 11.3 Å². The van der Waals surface area contributed by atoms with E-state index in [1.54, 1.807) is 47.7 Å². The van der Waals surface area contributed by atoms with E-state index in [1.807, 2.05) is 7.05 Å². The fourth-order valence-corrected chi connectivity index (χ4v) is 4.55. The molecule has 0 radical (unpaired) electrons. The number of carbonyl (C=O) groups is 1. The normalized spacial score (nSPS) is 18.2. The molecule has 1 aliphatic heterocycles. The molecule has 0 unspecified atom stereocenters. The maximum absolute atomic E-state index is 14.5. The van der Waals surface area contributed by atoms with Crippen LogP contribution in [-0.4, -0.2) is 54.2 Å². The Kier molecular flexibility index (Phi) is 5.14. The Hall–Kier alpha value is -3.70. The Morgan fingerprint density at radius 2 is 2.03 bits per heavy atom. The molecule has 4 aromatic rings. The van der Waals surface area contributed by atoms with E-state index in [-0.39, 0.29) is 12.0 Å². The number of aryl methyl sites for hydroxylation is 1. The zero-order valence-electron chi connectivity index (χ0n) is 17.9. The Labute approximate surface area is 192 Å². The van der Waals surface area contributed by atoms with Crippen molar-refractivity contribution >= 4 is 29.0 Å². The van der Waals surface area contributed by atoms with Crippen molar-refractivity contribution in [2.45, 2.75) is 12.0 Å². The number of anilines is 2. The van der Waals surface area contributed by atoms with Crippen molar-refractivity contribution in [2.75, 3.05) is 18.9 Å². The van der Waals surface area contributed by atoms with Gasteiger partial charge in [0.2, 0.25) is 5.95 Å². The van der Waals surface area contributed by atoms with E-state index in [0.717, 1.165) is 0 Å². The van der Waals surface area contributed by atoms with Crippen LogP contribution in [0.5, 0.6) is 0 Å². The molecule has 11 heteroatoms. The van der Waals surface area contributed by atoms with Gasteiger partial charge in [0, 0.05) is 56.5 Å². The lowest BCUT2D eigenvalue weighted by atomic mass is 9.90. The van der Waals surface area contributed by atoms with E-state index >= 15 is 0 Å². The third-order valence-electron chi connectivity index (χ3n) is 5.51. The molecule has 0 spiro atoms. The average Bonchev–Trinajstić information content (AvgIpc) is 3.51. The van der Waals surface area contributed by atoms with Gasteiger partial charge in [0.25, 0.3) is 5.91 Å². The van der Waals surface area contributed by atoms with Crippen molar-refractivity contribution in [1.29, 1.82) is 0 Å². The van der Waals surface area contributed by atoms with Gasteiger partial charge in [-0.25, -0.2) is 19.3 Å². The number of rotatable bonds is 5. The zero-order valence-corrected chi connectivity index (χ0v) is 18.7. The minimum atomic E-state index is -1.73. The Morgan fingerprint density at radius 3 is 2.76 bits per heavy atom. The minimum Gasteiger partial charge on any atom is -0.375 e. The SMILES string of the molecule is CN1CC[C@@](O)(c2cc(F)cc(-c3csc(-c4ccnc(Nc5ccn(C)n5)n4)n3)c2)C1=O. The molecule has 1 atom stereocenters. The molecule has 9 nitrogen and oxygen atoms in total. The van der Waals surface area contributed by atoms with Crippen molar-refractivity contribution in [3.05, 3.63) is 59.5 Å². The van der Waals surface area contributed by atoms with Gasteiger partial charge in [-0.3, -0.25) is 9.48 Å². The molecular formula is C22H20FN7O2S. The molecule has 1 aromatic carbocycles. The predicted molar refractivity (Wildman–Crippen MR) is 121 cm³/mol. The van der Waals surface area contributed by atoms with Crippen LogP contribution >= 0.6 is 11.3 Å². The summed E-state index contributed by atoms with van der Waals surface area (Å²) in [6.45, 7) is 0.407. The summed E-state index contributed by atoms with van der Waals surface area (Å²) in [4.78, 5) is 27.2. The molecule has 1 fully saturated rings. The number of nitrogens with zero attached hydrogens (tertiary/aromatic N) is 6. The molecule has 2 N–H and O–H groups in total. The van der Waals surface area contributed by atoms with Crippen LogP contribution in [0.1, 0.15) is 12.0 Å². The van der Waals surface area contributed by atoms with Crippen LogP contribution in [-0.2, 0) is 17.4 Å². The van der Waals surface area contributed by atoms with Gasteiger partial charge in [-0.1, -0.05) is 0 Å². The molecule has 0 aliphatic carbocycles. The largest absolute Gasteiger partial charge is 0.375 e. The van der Waals surface area contributed by atoms with Crippen LogP contribution in [0.25, 0.3) is 22.0 Å². The number of likely N-dealkylation sites (N-methyl/N-ethyl adjacent to an activating group) is 1. The summed E-state index contributed by atoms with van der Waals surface area (Å²) in [5.74, 6) is 0.0116. The first-order valence-electron chi connectivity index (χ1n) is 10.2. The van der Waals surface area contributed by atoms with Gasteiger partial charge in [0.15, 0.2) is 11.4 Å². The number of hydrogen-bond donors (Lipinski definition) is 2. The van der Waals surface area contributed by atoms with Crippen LogP contribution in [0, 0.1) is 5.82 Å². The molecular weight excluding hydrogens is 445 g/mol. The molecule has 5 rings (SSSR count). The summed E-state index contributed by atoms with van der Waals surface area (Å²) in [5.41, 5.74) is 0.0938. The number of aromatic nitrogens is 5. The summed E-state index contributed by atoms with van der Waals surface area (Å²) < 4.78 is 16.1. The van der Waals surface area contributed by atoms with Gasteiger partial charge in [-0.2, -0.15) is 5.10 Å². The van der Waals surface area contributed by atoms with E-state index in [1.165, 1.54) is 28.4 Å². The van der Waals surface area contributed by atoms with Crippen molar-refractivity contribution in [2.24, 2.45) is 7.05 Å². The first-order valence-corrected chi connectivity index (χ1v) is 11.0. The highest BCUT2D eigenvalue weighted by atomic mass is 32.1. The number of hydrogen-bond acceptors (Lipinski definition) is 8. The molecule has 168 valence electrons. The summed E-state index contributed by atoms with van der Waals surface area (Å²) >= 11 is 1.35. The molecule has 1 amide bonds. The summed E-state index contributed by atoms with van der Waals surface area (Å²) in [6, 6.07) is 7.70. The summed E-state index contributed by atoms with van der Waals surface area (Å²) in [7, 11) is 3.43. The Balaban J connectivity index is 1.44. The summed E-state index contributed by atoms with van der Waals surface area (Å²) in [5, 5.41) is 20.6. The molecule has 1 aliphatic rings. The third-order valence-corrected chi connectivity index (χ3v) is 6.38. The number of halogens is 1. The number of carbonyl (C=O) groups excluding carboxylic acids is 1. The Bertz CT molecular complexity index is 1350. The van der Waals surface area contributed by atoms with Crippen LogP contribution in [0.15, 0.2) is 48.1 Å². The molecule has 3 aromatic heterocycles. The van der Waals surface area contributed by atoms with Crippen LogP contribution in [0.2, 0.25) is 0 Å². The van der Waals surface area contributed by atoms with Crippen LogP contribution < -0.4 is 5.32 Å². The number of amides is 1. The second-order valence-corrected chi connectivity index (χ2v) is 8.73. The monoisotopic (exact) mass is 465 g/mol. The first-order chi connectivity index (χ1) is 15.8. The van der Waals surface area contributed by atoms with Gasteiger partial charge in [0.1, 0.15) is 16.5 Å². The van der Waals surface area contributed by atoms with Gasteiger partial charge in [-0.05, 0) is 29.8 Å². The molecule has 0 saturated carbocycles. The van der Waals surface area contributed by atoms with Gasteiger partial charge in [0.05, 0.1) is 5.69 Å². The Morgan fingerprint density at radius 1 is 1.18 bits per heavy atom. The number of likely N-dealkylation sites (tertiary alicyclic amines) is 1. The van der Waals surface area contributed by atoms with E-state index in [4.69, 9.17) is 0 Å². The number of thiazole rings is 1. The maximum Gasteiger partial charge on any atom is 0.258 e. The first kappa shape index (κ1) is 21.2. The highest BCUT2D eigenvalue weighted by Crippen LogP contribution is 2.36. The lowest BCUT2D eigenvalue weighted by molar-refractivity contribution is -0.143. The van der Waals surface area contributed by atoms with Gasteiger partial charge >= 0.3 is 0 Å².